The summed E-state index contributed by atoms with van der Waals surface area (Å²) in [5, 5.41) is 0. The van der Waals surface area contributed by atoms with Crippen LogP contribution in [0.5, 0.6) is 5.75 Å². The molecule has 7 nitrogen and oxygen atoms in total. The van der Waals surface area contributed by atoms with Gasteiger partial charge in [0.25, 0.3) is 0 Å². The first-order valence-electron chi connectivity index (χ1n) is 12.1. The molecule has 1 saturated carbocycles. The number of hydrogen-bond donors (Lipinski definition) is 0. The number of nitrogens with zero attached hydrogens (tertiary/aromatic N) is 3. The third-order valence-electron chi connectivity index (χ3n) is 6.93. The number of piperazine rings is 1. The first kappa shape index (κ1) is 24.5. The second-order valence-electron chi connectivity index (χ2n) is 9.20. The SMILES string of the molecule is COc1ccc(C)cc1S(=O)(=O)N(CC(=O)N1CCN(c2ccccc2)CC1)C1CCCCC1. The molecule has 1 saturated heterocycles. The van der Waals surface area contributed by atoms with Crippen LogP contribution in [0.25, 0.3) is 0 Å². The molecule has 0 aromatic heterocycles. The summed E-state index contributed by atoms with van der Waals surface area (Å²) in [4.78, 5) is 17.6. The molecule has 2 aromatic carbocycles. The quantitative estimate of drug-likeness (QED) is 0.599. The predicted octanol–water partition coefficient (Wildman–Crippen LogP) is 3.68. The summed E-state index contributed by atoms with van der Waals surface area (Å²) in [5.74, 6) is 0.184. The molecule has 0 N–H and O–H groups in total. The number of hydrogen-bond acceptors (Lipinski definition) is 5. The van der Waals surface area contributed by atoms with Crippen molar-refractivity contribution in [2.24, 2.45) is 0 Å². The number of amides is 1. The van der Waals surface area contributed by atoms with Gasteiger partial charge < -0.3 is 14.5 Å². The first-order chi connectivity index (χ1) is 16.4. The monoisotopic (exact) mass is 485 g/mol. The number of carbonyl (C=O) groups excluding carboxylic acids is 1. The number of anilines is 1. The van der Waals surface area contributed by atoms with E-state index in [1.54, 1.807) is 17.0 Å². The molecule has 0 radical (unpaired) electrons. The van der Waals surface area contributed by atoms with Gasteiger partial charge in [-0.05, 0) is 49.6 Å². The summed E-state index contributed by atoms with van der Waals surface area (Å²) < 4.78 is 34.6. The maximum Gasteiger partial charge on any atom is 0.247 e. The van der Waals surface area contributed by atoms with Crippen molar-refractivity contribution < 1.29 is 17.9 Å². The highest BCUT2D eigenvalue weighted by Crippen LogP contribution is 2.32. The highest BCUT2D eigenvalue weighted by molar-refractivity contribution is 7.89. The first-order valence-corrected chi connectivity index (χ1v) is 13.6. The van der Waals surface area contributed by atoms with E-state index < -0.39 is 10.0 Å². The normalized spacial score (nSPS) is 17.7. The summed E-state index contributed by atoms with van der Waals surface area (Å²) >= 11 is 0. The third kappa shape index (κ3) is 5.39. The van der Waals surface area contributed by atoms with E-state index in [4.69, 9.17) is 4.74 Å². The molecule has 0 spiro atoms. The van der Waals surface area contributed by atoms with Crippen molar-refractivity contribution in [1.29, 1.82) is 0 Å². The van der Waals surface area contributed by atoms with Gasteiger partial charge in [-0.15, -0.1) is 0 Å². The Kier molecular flexibility index (Phi) is 7.78. The average Bonchev–Trinajstić information content (AvgIpc) is 2.88. The lowest BCUT2D eigenvalue weighted by atomic mass is 9.95. The van der Waals surface area contributed by atoms with E-state index in [9.17, 15) is 13.2 Å². The number of sulfonamides is 1. The van der Waals surface area contributed by atoms with E-state index in [0.29, 0.717) is 18.8 Å². The fourth-order valence-electron chi connectivity index (χ4n) is 4.98. The molecular weight excluding hydrogens is 450 g/mol. The van der Waals surface area contributed by atoms with Crippen LogP contribution in [0.3, 0.4) is 0 Å². The number of methoxy groups -OCH3 is 1. The van der Waals surface area contributed by atoms with Crippen molar-refractivity contribution in [3.63, 3.8) is 0 Å². The molecule has 1 heterocycles. The molecule has 1 aliphatic carbocycles. The topological polar surface area (TPSA) is 70.2 Å². The average molecular weight is 486 g/mol. The zero-order valence-electron chi connectivity index (χ0n) is 20.2. The molecule has 0 atom stereocenters. The van der Waals surface area contributed by atoms with E-state index >= 15 is 0 Å². The van der Waals surface area contributed by atoms with E-state index in [0.717, 1.165) is 56.4 Å². The van der Waals surface area contributed by atoms with Gasteiger partial charge in [-0.2, -0.15) is 4.31 Å². The van der Waals surface area contributed by atoms with Crippen LogP contribution in [0, 0.1) is 6.92 Å². The largest absolute Gasteiger partial charge is 0.495 e. The molecule has 2 aliphatic rings. The van der Waals surface area contributed by atoms with Crippen LogP contribution < -0.4 is 9.64 Å². The zero-order valence-corrected chi connectivity index (χ0v) is 21.0. The Morgan fingerprint density at radius 1 is 1.00 bits per heavy atom. The number of rotatable bonds is 7. The second kappa shape index (κ2) is 10.8. The van der Waals surface area contributed by atoms with Gasteiger partial charge in [0.05, 0.1) is 13.7 Å². The van der Waals surface area contributed by atoms with Gasteiger partial charge in [0.15, 0.2) is 0 Å². The van der Waals surface area contributed by atoms with Crippen molar-refractivity contribution in [2.75, 3.05) is 44.7 Å². The molecule has 34 heavy (non-hydrogen) atoms. The third-order valence-corrected chi connectivity index (χ3v) is 8.85. The van der Waals surface area contributed by atoms with Gasteiger partial charge in [-0.25, -0.2) is 8.42 Å². The summed E-state index contributed by atoms with van der Waals surface area (Å²) in [6, 6.07) is 15.2. The Hall–Kier alpha value is -2.58. The van der Waals surface area contributed by atoms with Crippen LogP contribution in [0.4, 0.5) is 5.69 Å². The minimum Gasteiger partial charge on any atom is -0.495 e. The fourth-order valence-corrected chi connectivity index (χ4v) is 6.85. The number of para-hydroxylation sites is 1. The van der Waals surface area contributed by atoms with Crippen molar-refractivity contribution >= 4 is 21.6 Å². The van der Waals surface area contributed by atoms with Crippen molar-refractivity contribution in [3.05, 3.63) is 54.1 Å². The lowest BCUT2D eigenvalue weighted by Gasteiger charge is -2.38. The molecule has 0 bridgehead atoms. The Morgan fingerprint density at radius 2 is 1.68 bits per heavy atom. The smallest absolute Gasteiger partial charge is 0.247 e. The van der Waals surface area contributed by atoms with Gasteiger partial charge in [0.2, 0.25) is 15.9 Å². The van der Waals surface area contributed by atoms with Crippen LogP contribution in [0.1, 0.15) is 37.7 Å². The van der Waals surface area contributed by atoms with Gasteiger partial charge >= 0.3 is 0 Å². The summed E-state index contributed by atoms with van der Waals surface area (Å²) in [6.45, 7) is 4.37. The maximum absolute atomic E-state index is 13.9. The Bertz CT molecular complexity index is 1080. The standard InChI is InChI=1S/C26H35N3O4S/c1-21-13-14-24(33-2)25(19-21)34(31,32)29(23-11-7-4-8-12-23)20-26(30)28-17-15-27(16-18-28)22-9-5-3-6-10-22/h3,5-6,9-10,13-14,19,23H,4,7-8,11-12,15-18,20H2,1-2H3. The molecule has 8 heteroatoms. The maximum atomic E-state index is 13.9. The van der Waals surface area contributed by atoms with Gasteiger partial charge in [0.1, 0.15) is 10.6 Å². The molecule has 4 rings (SSSR count). The number of benzene rings is 2. The second-order valence-corrected chi connectivity index (χ2v) is 11.1. The van der Waals surface area contributed by atoms with Crippen LogP contribution in [-0.4, -0.2) is 69.4 Å². The minimum absolute atomic E-state index is 0.130. The van der Waals surface area contributed by atoms with Crippen LogP contribution in [-0.2, 0) is 14.8 Å². The molecule has 1 aliphatic heterocycles. The van der Waals surface area contributed by atoms with Gasteiger partial charge in [-0.3, -0.25) is 4.79 Å². The molecular formula is C26H35N3O4S. The number of carbonyl (C=O) groups is 1. The van der Waals surface area contributed by atoms with Gasteiger partial charge in [0, 0.05) is 37.9 Å². The minimum atomic E-state index is -3.90. The van der Waals surface area contributed by atoms with E-state index in [1.165, 1.54) is 11.4 Å². The van der Waals surface area contributed by atoms with Crippen LogP contribution in [0.2, 0.25) is 0 Å². The molecule has 2 fully saturated rings. The van der Waals surface area contributed by atoms with E-state index in [1.807, 2.05) is 31.2 Å². The molecule has 184 valence electrons. The summed E-state index contributed by atoms with van der Waals surface area (Å²) in [5.41, 5.74) is 1.99. The number of aryl methyl sites for hydroxylation is 1. The predicted molar refractivity (Wildman–Crippen MR) is 134 cm³/mol. The van der Waals surface area contributed by atoms with Crippen molar-refractivity contribution in [2.45, 2.75) is 50.0 Å². The van der Waals surface area contributed by atoms with Crippen LogP contribution in [0.15, 0.2) is 53.4 Å². The number of ether oxygens (including phenoxy) is 1. The molecule has 0 unspecified atom stereocenters. The Morgan fingerprint density at radius 3 is 2.32 bits per heavy atom. The fraction of sp³-hybridized carbons (Fsp3) is 0.500. The molecule has 1 amide bonds. The lowest BCUT2D eigenvalue weighted by molar-refractivity contribution is -0.132. The van der Waals surface area contributed by atoms with Crippen LogP contribution >= 0.6 is 0 Å². The van der Waals surface area contributed by atoms with Crippen molar-refractivity contribution in [1.82, 2.24) is 9.21 Å². The highest BCUT2D eigenvalue weighted by Gasteiger charge is 2.37. The lowest BCUT2D eigenvalue weighted by Crippen LogP contribution is -2.53. The van der Waals surface area contributed by atoms with Crippen molar-refractivity contribution in [3.8, 4) is 5.75 Å². The van der Waals surface area contributed by atoms with E-state index in [-0.39, 0.29) is 23.4 Å². The highest BCUT2D eigenvalue weighted by atomic mass is 32.2. The van der Waals surface area contributed by atoms with Gasteiger partial charge in [-0.1, -0.05) is 43.5 Å². The van der Waals surface area contributed by atoms with E-state index in [2.05, 4.69) is 17.0 Å². The Labute approximate surface area is 203 Å². The summed E-state index contributed by atoms with van der Waals surface area (Å²) in [6.07, 6.45) is 4.62. The molecule has 2 aromatic rings. The summed E-state index contributed by atoms with van der Waals surface area (Å²) in [7, 11) is -2.42. The zero-order chi connectivity index (χ0) is 24.1. The Balaban J connectivity index is 1.53.